The molecule has 122 valence electrons. The molecule has 1 aliphatic rings. The maximum absolute atomic E-state index is 13.6. The maximum atomic E-state index is 13.6. The van der Waals surface area contributed by atoms with Gasteiger partial charge in [-0.05, 0) is 49.2 Å². The molecule has 2 aromatic rings. The average molecular weight is 318 g/mol. The van der Waals surface area contributed by atoms with Crippen molar-refractivity contribution in [2.24, 2.45) is 5.92 Å². The van der Waals surface area contributed by atoms with Gasteiger partial charge in [0.1, 0.15) is 23.5 Å². The second kappa shape index (κ2) is 7.04. The van der Waals surface area contributed by atoms with Crippen molar-refractivity contribution in [3.63, 3.8) is 0 Å². The van der Waals surface area contributed by atoms with Gasteiger partial charge in [0.2, 0.25) is 0 Å². The maximum Gasteiger partial charge on any atom is 0.141 e. The first-order chi connectivity index (χ1) is 11.2. The molecule has 0 radical (unpaired) electrons. The highest BCUT2D eigenvalue weighted by Crippen LogP contribution is 2.33. The normalized spacial score (nSPS) is 18.8. The Morgan fingerprint density at radius 2 is 2.13 bits per heavy atom. The summed E-state index contributed by atoms with van der Waals surface area (Å²) in [6, 6.07) is 5.99. The Kier molecular flexibility index (Phi) is 4.86. The van der Waals surface area contributed by atoms with Crippen LogP contribution in [0.2, 0.25) is 0 Å². The molecule has 2 heterocycles. The van der Waals surface area contributed by atoms with Crippen LogP contribution in [0, 0.1) is 17.6 Å². The lowest BCUT2D eigenvalue weighted by Crippen LogP contribution is -2.22. The molecule has 2 atom stereocenters. The third-order valence-corrected chi connectivity index (χ3v) is 4.24. The molecule has 1 aliphatic heterocycles. The van der Waals surface area contributed by atoms with Crippen LogP contribution in [0.1, 0.15) is 30.6 Å². The monoisotopic (exact) mass is 318 g/mol. The number of nitrogens with one attached hydrogen (secondary N) is 1. The van der Waals surface area contributed by atoms with E-state index in [4.69, 9.17) is 4.74 Å². The van der Waals surface area contributed by atoms with Crippen LogP contribution >= 0.6 is 0 Å². The summed E-state index contributed by atoms with van der Waals surface area (Å²) in [5, 5.41) is 3.31. The van der Waals surface area contributed by atoms with Crippen molar-refractivity contribution in [1.29, 1.82) is 0 Å². The Balaban J connectivity index is 1.93. The number of halogens is 2. The van der Waals surface area contributed by atoms with Gasteiger partial charge < -0.3 is 10.1 Å². The molecular formula is C18H20F2N2O. The number of pyridine rings is 1. The zero-order chi connectivity index (χ0) is 16.2. The van der Waals surface area contributed by atoms with E-state index in [0.717, 1.165) is 25.1 Å². The van der Waals surface area contributed by atoms with Gasteiger partial charge >= 0.3 is 0 Å². The molecule has 3 rings (SSSR count). The van der Waals surface area contributed by atoms with Crippen LogP contribution in [0.4, 0.5) is 8.78 Å². The lowest BCUT2D eigenvalue weighted by atomic mass is 9.95. The quantitative estimate of drug-likeness (QED) is 0.914. The second-order valence-electron chi connectivity index (χ2n) is 5.83. The van der Waals surface area contributed by atoms with Crippen molar-refractivity contribution in [1.82, 2.24) is 10.3 Å². The third kappa shape index (κ3) is 3.67. The fourth-order valence-electron chi connectivity index (χ4n) is 3.03. The van der Waals surface area contributed by atoms with Crippen LogP contribution in [0.25, 0.3) is 0 Å². The van der Waals surface area contributed by atoms with Gasteiger partial charge in [-0.1, -0.05) is 6.92 Å². The second-order valence-corrected chi connectivity index (χ2v) is 5.83. The van der Waals surface area contributed by atoms with Crippen LogP contribution in [-0.4, -0.2) is 18.1 Å². The summed E-state index contributed by atoms with van der Waals surface area (Å²) in [4.78, 5) is 3.94. The highest BCUT2D eigenvalue weighted by molar-refractivity contribution is 5.35. The number of benzene rings is 1. The molecule has 0 unspecified atom stereocenters. The van der Waals surface area contributed by atoms with Crippen LogP contribution in [0.3, 0.4) is 0 Å². The third-order valence-electron chi connectivity index (χ3n) is 4.24. The molecule has 0 saturated carbocycles. The highest BCUT2D eigenvalue weighted by Gasteiger charge is 2.29. The Bertz CT molecular complexity index is 672. The molecule has 1 fully saturated rings. The van der Waals surface area contributed by atoms with Crippen molar-refractivity contribution < 1.29 is 13.5 Å². The van der Waals surface area contributed by atoms with E-state index in [0.29, 0.717) is 17.7 Å². The van der Waals surface area contributed by atoms with E-state index in [1.54, 1.807) is 12.3 Å². The summed E-state index contributed by atoms with van der Waals surface area (Å²) in [5.74, 6) is 0.223. The first-order valence-electron chi connectivity index (χ1n) is 7.93. The summed E-state index contributed by atoms with van der Waals surface area (Å²) < 4.78 is 33.2. The lowest BCUT2D eigenvalue weighted by Gasteiger charge is -2.26. The number of nitrogens with zero attached hydrogens (tertiary/aromatic N) is 1. The minimum Gasteiger partial charge on any atom is -0.485 e. The largest absolute Gasteiger partial charge is 0.485 e. The van der Waals surface area contributed by atoms with Crippen molar-refractivity contribution in [2.75, 3.05) is 13.1 Å². The first-order valence-corrected chi connectivity index (χ1v) is 7.93. The van der Waals surface area contributed by atoms with E-state index >= 15 is 0 Å². The fraction of sp³-hybridized carbons (Fsp3) is 0.389. The molecule has 0 spiro atoms. The van der Waals surface area contributed by atoms with Gasteiger partial charge in [0.05, 0.1) is 6.20 Å². The van der Waals surface area contributed by atoms with E-state index in [-0.39, 0.29) is 23.7 Å². The van der Waals surface area contributed by atoms with Gasteiger partial charge in [-0.25, -0.2) is 8.78 Å². The van der Waals surface area contributed by atoms with E-state index in [1.165, 1.54) is 24.4 Å². The van der Waals surface area contributed by atoms with Crippen LogP contribution in [0.5, 0.6) is 5.75 Å². The summed E-state index contributed by atoms with van der Waals surface area (Å²) >= 11 is 0. The lowest BCUT2D eigenvalue weighted by molar-refractivity contribution is 0.142. The van der Waals surface area contributed by atoms with Crippen molar-refractivity contribution in [3.8, 4) is 5.75 Å². The number of aryl methyl sites for hydroxylation is 1. The summed E-state index contributed by atoms with van der Waals surface area (Å²) in [5.41, 5.74) is 1.52. The van der Waals surface area contributed by atoms with Crippen molar-refractivity contribution in [3.05, 3.63) is 59.4 Å². The molecular weight excluding hydrogens is 298 g/mol. The molecule has 23 heavy (non-hydrogen) atoms. The molecule has 0 bridgehead atoms. The minimum absolute atomic E-state index is 0.230. The van der Waals surface area contributed by atoms with E-state index < -0.39 is 0 Å². The molecule has 1 N–H and O–H groups in total. The average Bonchev–Trinajstić information content (AvgIpc) is 3.07. The van der Waals surface area contributed by atoms with E-state index in [2.05, 4.69) is 10.3 Å². The molecule has 3 nitrogen and oxygen atoms in total. The van der Waals surface area contributed by atoms with Crippen molar-refractivity contribution >= 4 is 0 Å². The van der Waals surface area contributed by atoms with Crippen LogP contribution in [0.15, 0.2) is 36.7 Å². The predicted octanol–water partition coefficient (Wildman–Crippen LogP) is 3.65. The molecule has 1 aromatic carbocycles. The van der Waals surface area contributed by atoms with Gasteiger partial charge in [0, 0.05) is 24.2 Å². The predicted molar refractivity (Wildman–Crippen MR) is 84.3 cm³/mol. The minimum atomic E-state index is -0.378. The Labute approximate surface area is 134 Å². The van der Waals surface area contributed by atoms with Gasteiger partial charge in [-0.3, -0.25) is 4.98 Å². The molecule has 1 aromatic heterocycles. The number of ether oxygens (including phenoxy) is 1. The standard InChI is InChI=1S/C18H20F2N2O/c1-2-12-7-15(19)3-4-17(12)23-18(13-5-6-21-9-13)14-8-16(20)11-22-10-14/h3-4,7-8,10-11,13,18,21H,2,5-6,9H2,1H3/t13-,18+/m0/s1. The number of hydrogen-bond acceptors (Lipinski definition) is 3. The highest BCUT2D eigenvalue weighted by atomic mass is 19.1. The summed E-state index contributed by atoms with van der Waals surface area (Å²) in [7, 11) is 0. The number of aromatic nitrogens is 1. The Morgan fingerprint density at radius 3 is 2.83 bits per heavy atom. The Morgan fingerprint density at radius 1 is 1.26 bits per heavy atom. The van der Waals surface area contributed by atoms with E-state index in [1.807, 2.05) is 6.92 Å². The van der Waals surface area contributed by atoms with Crippen LogP contribution in [-0.2, 0) is 6.42 Å². The molecule has 0 amide bonds. The van der Waals surface area contributed by atoms with Crippen molar-refractivity contribution in [2.45, 2.75) is 25.9 Å². The number of hydrogen-bond donors (Lipinski definition) is 1. The summed E-state index contributed by atoms with van der Waals surface area (Å²) in [6.07, 6.45) is 4.14. The fourth-order valence-corrected chi connectivity index (χ4v) is 3.03. The topological polar surface area (TPSA) is 34.1 Å². The van der Waals surface area contributed by atoms with Gasteiger partial charge in [0.25, 0.3) is 0 Å². The number of rotatable bonds is 5. The zero-order valence-corrected chi connectivity index (χ0v) is 13.1. The van der Waals surface area contributed by atoms with Gasteiger partial charge in [0.15, 0.2) is 0 Å². The summed E-state index contributed by atoms with van der Waals surface area (Å²) in [6.45, 7) is 3.68. The van der Waals surface area contributed by atoms with Gasteiger partial charge in [-0.15, -0.1) is 0 Å². The first kappa shape index (κ1) is 15.9. The molecule has 5 heteroatoms. The van der Waals surface area contributed by atoms with E-state index in [9.17, 15) is 8.78 Å². The van der Waals surface area contributed by atoms with Gasteiger partial charge in [-0.2, -0.15) is 0 Å². The Hall–Kier alpha value is -2.01. The molecule has 0 aliphatic carbocycles. The van der Waals surface area contributed by atoms with Crippen LogP contribution < -0.4 is 10.1 Å². The SMILES string of the molecule is CCc1cc(F)ccc1O[C@@H](c1cncc(F)c1)[C@H]1CCNC1. The smallest absolute Gasteiger partial charge is 0.141 e. The molecule has 1 saturated heterocycles. The zero-order valence-electron chi connectivity index (χ0n) is 13.1.